The van der Waals surface area contributed by atoms with E-state index >= 15 is 0 Å². The first-order valence-corrected chi connectivity index (χ1v) is 6.79. The first-order chi connectivity index (χ1) is 10.1. The van der Waals surface area contributed by atoms with Gasteiger partial charge in [-0.15, -0.1) is 0 Å². The average Bonchev–Trinajstić information content (AvgIpc) is 2.47. The van der Waals surface area contributed by atoms with Gasteiger partial charge in [-0.1, -0.05) is 41.9 Å². The van der Waals surface area contributed by atoms with E-state index in [9.17, 15) is 4.79 Å². The Kier molecular flexibility index (Phi) is 5.35. The Morgan fingerprint density at radius 3 is 2.86 bits per heavy atom. The van der Waals surface area contributed by atoms with Crippen LogP contribution in [0.3, 0.4) is 0 Å². The normalized spacial score (nSPS) is 10.6. The maximum Gasteiger partial charge on any atom is 0.277 e. The molecule has 4 nitrogen and oxygen atoms in total. The van der Waals surface area contributed by atoms with Gasteiger partial charge in [0.15, 0.2) is 6.61 Å². The third kappa shape index (κ3) is 4.93. The molecule has 0 aliphatic rings. The topological polar surface area (TPSA) is 50.7 Å². The molecular formula is C16H15ClN2O2. The van der Waals surface area contributed by atoms with Crippen molar-refractivity contribution < 1.29 is 9.53 Å². The lowest BCUT2D eigenvalue weighted by Gasteiger charge is -2.05. The summed E-state index contributed by atoms with van der Waals surface area (Å²) in [5, 5.41) is 4.42. The Morgan fingerprint density at radius 2 is 2.10 bits per heavy atom. The van der Waals surface area contributed by atoms with E-state index in [2.05, 4.69) is 10.5 Å². The Hall–Kier alpha value is -2.33. The summed E-state index contributed by atoms with van der Waals surface area (Å²) in [6.07, 6.45) is 1.49. The molecule has 0 aromatic heterocycles. The molecule has 0 heterocycles. The van der Waals surface area contributed by atoms with E-state index in [-0.39, 0.29) is 12.5 Å². The van der Waals surface area contributed by atoms with Crippen LogP contribution in [0, 0.1) is 6.92 Å². The highest BCUT2D eigenvalue weighted by Crippen LogP contribution is 2.12. The van der Waals surface area contributed by atoms with E-state index in [1.54, 1.807) is 18.2 Å². The van der Waals surface area contributed by atoms with Crippen LogP contribution >= 0.6 is 11.6 Å². The van der Waals surface area contributed by atoms with E-state index in [0.717, 1.165) is 11.1 Å². The molecule has 0 saturated heterocycles. The molecule has 0 spiro atoms. The second kappa shape index (κ2) is 7.45. The van der Waals surface area contributed by atoms with E-state index in [4.69, 9.17) is 16.3 Å². The number of hydrogen-bond donors (Lipinski definition) is 1. The fraction of sp³-hybridized carbons (Fsp3) is 0.125. The largest absolute Gasteiger partial charge is 0.484 e. The molecule has 0 saturated carbocycles. The molecule has 0 unspecified atom stereocenters. The highest BCUT2D eigenvalue weighted by molar-refractivity contribution is 6.33. The molecule has 0 radical (unpaired) electrons. The molecule has 2 rings (SSSR count). The van der Waals surface area contributed by atoms with Crippen molar-refractivity contribution in [1.82, 2.24) is 5.43 Å². The van der Waals surface area contributed by atoms with E-state index in [1.165, 1.54) is 6.21 Å². The predicted molar refractivity (Wildman–Crippen MR) is 83.9 cm³/mol. The zero-order chi connectivity index (χ0) is 15.1. The molecule has 21 heavy (non-hydrogen) atoms. The SMILES string of the molecule is Cc1cccc(OCC(=O)NN=Cc2ccccc2Cl)c1. The summed E-state index contributed by atoms with van der Waals surface area (Å²) in [5.74, 6) is 0.319. The minimum Gasteiger partial charge on any atom is -0.484 e. The van der Waals surface area contributed by atoms with Crippen LogP contribution in [-0.4, -0.2) is 18.7 Å². The summed E-state index contributed by atoms with van der Waals surface area (Å²) in [4.78, 5) is 11.6. The second-order valence-electron chi connectivity index (χ2n) is 4.42. The number of carbonyl (C=O) groups excluding carboxylic acids is 1. The van der Waals surface area contributed by atoms with Crippen LogP contribution in [0.15, 0.2) is 53.6 Å². The lowest BCUT2D eigenvalue weighted by molar-refractivity contribution is -0.123. The number of amides is 1. The van der Waals surface area contributed by atoms with Gasteiger partial charge in [0, 0.05) is 10.6 Å². The third-order valence-electron chi connectivity index (χ3n) is 2.66. The van der Waals surface area contributed by atoms with Crippen LogP contribution in [0.1, 0.15) is 11.1 Å². The number of nitrogens with zero attached hydrogens (tertiary/aromatic N) is 1. The van der Waals surface area contributed by atoms with Gasteiger partial charge in [0.05, 0.1) is 6.21 Å². The third-order valence-corrected chi connectivity index (χ3v) is 3.00. The number of halogens is 1. The summed E-state index contributed by atoms with van der Waals surface area (Å²) >= 11 is 5.97. The maximum atomic E-state index is 11.6. The molecular weight excluding hydrogens is 288 g/mol. The quantitative estimate of drug-likeness (QED) is 0.681. The highest BCUT2D eigenvalue weighted by atomic mass is 35.5. The van der Waals surface area contributed by atoms with Crippen molar-refractivity contribution in [2.75, 3.05) is 6.61 Å². The molecule has 0 aliphatic carbocycles. The smallest absolute Gasteiger partial charge is 0.277 e. The number of hydrogen-bond acceptors (Lipinski definition) is 3. The van der Waals surface area contributed by atoms with Crippen LogP contribution < -0.4 is 10.2 Å². The first-order valence-electron chi connectivity index (χ1n) is 6.41. The van der Waals surface area contributed by atoms with Crippen molar-refractivity contribution in [3.05, 3.63) is 64.7 Å². The second-order valence-corrected chi connectivity index (χ2v) is 4.83. The van der Waals surface area contributed by atoms with Gasteiger partial charge in [-0.2, -0.15) is 5.10 Å². The van der Waals surface area contributed by atoms with Gasteiger partial charge in [-0.3, -0.25) is 4.79 Å². The van der Waals surface area contributed by atoms with Crippen molar-refractivity contribution in [3.8, 4) is 5.75 Å². The molecule has 1 amide bonds. The lowest BCUT2D eigenvalue weighted by atomic mass is 10.2. The minimum absolute atomic E-state index is 0.0939. The maximum absolute atomic E-state index is 11.6. The number of hydrazone groups is 1. The average molecular weight is 303 g/mol. The standard InChI is InChI=1S/C16H15ClN2O2/c1-12-5-4-7-14(9-12)21-11-16(20)19-18-10-13-6-2-3-8-15(13)17/h2-10H,11H2,1H3,(H,19,20). The Balaban J connectivity index is 1.81. The molecule has 2 aromatic carbocycles. The van der Waals surface area contributed by atoms with E-state index in [0.29, 0.717) is 10.8 Å². The van der Waals surface area contributed by atoms with Crippen LogP contribution in [0.25, 0.3) is 0 Å². The molecule has 2 aromatic rings. The summed E-state index contributed by atoms with van der Waals surface area (Å²) in [7, 11) is 0. The van der Waals surface area contributed by atoms with Gasteiger partial charge in [-0.05, 0) is 30.7 Å². The van der Waals surface area contributed by atoms with Crippen molar-refractivity contribution in [3.63, 3.8) is 0 Å². The summed E-state index contributed by atoms with van der Waals surface area (Å²) in [6.45, 7) is 1.87. The monoisotopic (exact) mass is 302 g/mol. The van der Waals surface area contributed by atoms with Gasteiger partial charge in [0.1, 0.15) is 5.75 Å². The fourth-order valence-corrected chi connectivity index (χ4v) is 1.82. The van der Waals surface area contributed by atoms with E-state index in [1.807, 2.05) is 37.3 Å². The van der Waals surface area contributed by atoms with Crippen LogP contribution in [-0.2, 0) is 4.79 Å². The van der Waals surface area contributed by atoms with Gasteiger partial charge in [-0.25, -0.2) is 5.43 Å². The first kappa shape index (κ1) is 15.1. The molecule has 0 aliphatic heterocycles. The minimum atomic E-state index is -0.334. The highest BCUT2D eigenvalue weighted by Gasteiger charge is 2.01. The zero-order valence-corrected chi connectivity index (χ0v) is 12.3. The van der Waals surface area contributed by atoms with Crippen molar-refractivity contribution in [2.45, 2.75) is 6.92 Å². The fourth-order valence-electron chi connectivity index (χ4n) is 1.64. The zero-order valence-electron chi connectivity index (χ0n) is 11.5. The van der Waals surface area contributed by atoms with Crippen LogP contribution in [0.5, 0.6) is 5.75 Å². The van der Waals surface area contributed by atoms with E-state index < -0.39 is 0 Å². The summed E-state index contributed by atoms with van der Waals surface area (Å²) < 4.78 is 5.36. The molecule has 0 bridgehead atoms. The molecule has 5 heteroatoms. The van der Waals surface area contributed by atoms with Crippen LogP contribution in [0.4, 0.5) is 0 Å². The number of nitrogens with one attached hydrogen (secondary N) is 1. The van der Waals surface area contributed by atoms with Gasteiger partial charge in [0.25, 0.3) is 5.91 Å². The molecule has 0 atom stereocenters. The Labute approximate surface area is 128 Å². The van der Waals surface area contributed by atoms with Crippen molar-refractivity contribution in [1.29, 1.82) is 0 Å². The number of ether oxygens (including phenoxy) is 1. The van der Waals surface area contributed by atoms with Gasteiger partial charge >= 0.3 is 0 Å². The number of benzene rings is 2. The van der Waals surface area contributed by atoms with Crippen molar-refractivity contribution in [2.24, 2.45) is 5.10 Å². The molecule has 108 valence electrons. The predicted octanol–water partition coefficient (Wildman–Crippen LogP) is 3.18. The number of carbonyl (C=O) groups is 1. The van der Waals surface area contributed by atoms with Crippen molar-refractivity contribution >= 4 is 23.7 Å². The lowest BCUT2D eigenvalue weighted by Crippen LogP contribution is -2.24. The van der Waals surface area contributed by atoms with Gasteiger partial charge < -0.3 is 4.74 Å². The molecule has 1 N–H and O–H groups in total. The van der Waals surface area contributed by atoms with Crippen LogP contribution in [0.2, 0.25) is 5.02 Å². The Bertz CT molecular complexity index is 656. The van der Waals surface area contributed by atoms with Gasteiger partial charge in [0.2, 0.25) is 0 Å². The number of rotatable bonds is 5. The summed E-state index contributed by atoms with van der Waals surface area (Å²) in [5.41, 5.74) is 4.20. The Morgan fingerprint density at radius 1 is 1.29 bits per heavy atom. The number of aryl methyl sites for hydroxylation is 1. The summed E-state index contributed by atoms with van der Waals surface area (Å²) in [6, 6.07) is 14.7. The molecule has 0 fully saturated rings.